The normalized spacial score (nSPS) is 14.2. The lowest BCUT2D eigenvalue weighted by molar-refractivity contribution is -0.123. The third kappa shape index (κ3) is 3.52. The molecule has 2 aromatic carbocycles. The topological polar surface area (TPSA) is 49.4 Å². The van der Waals surface area contributed by atoms with Crippen LogP contribution in [0.15, 0.2) is 36.4 Å². The van der Waals surface area contributed by atoms with Crippen LogP contribution in [0.1, 0.15) is 21.5 Å². The van der Waals surface area contributed by atoms with E-state index in [2.05, 4.69) is 5.32 Å². The van der Waals surface area contributed by atoms with Gasteiger partial charge in [0.1, 0.15) is 0 Å². The largest absolute Gasteiger partial charge is 0.337 e. The van der Waals surface area contributed by atoms with Crippen LogP contribution in [-0.2, 0) is 4.79 Å². The Morgan fingerprint density at radius 2 is 1.76 bits per heavy atom. The number of carbonyl (C=O) groups excluding carboxylic acids is 2. The summed E-state index contributed by atoms with van der Waals surface area (Å²) in [4.78, 5) is 25.9. The molecule has 0 spiro atoms. The minimum atomic E-state index is -1.06. The Balaban J connectivity index is 1.58. The summed E-state index contributed by atoms with van der Waals surface area (Å²) in [5, 5.41) is 2.87. The molecule has 0 atom stereocenters. The Hall–Kier alpha value is -2.76. The molecule has 1 fully saturated rings. The second-order valence-electron chi connectivity index (χ2n) is 6.34. The molecular weight excluding hydrogens is 326 g/mol. The second kappa shape index (κ2) is 6.63. The zero-order valence-electron chi connectivity index (χ0n) is 14.0. The lowest BCUT2D eigenvalue weighted by Gasteiger charge is -2.38. The maximum atomic E-state index is 13.2. The van der Waals surface area contributed by atoms with Crippen molar-refractivity contribution < 1.29 is 18.4 Å². The van der Waals surface area contributed by atoms with E-state index in [4.69, 9.17) is 0 Å². The monoisotopic (exact) mass is 344 g/mol. The molecule has 1 saturated heterocycles. The van der Waals surface area contributed by atoms with Gasteiger partial charge in [-0.1, -0.05) is 17.7 Å². The Morgan fingerprint density at radius 1 is 1.04 bits per heavy atom. The number of halogens is 2. The van der Waals surface area contributed by atoms with Crippen LogP contribution < -0.4 is 5.32 Å². The van der Waals surface area contributed by atoms with Gasteiger partial charge in [0.15, 0.2) is 11.6 Å². The fourth-order valence-electron chi connectivity index (χ4n) is 2.81. The summed E-state index contributed by atoms with van der Waals surface area (Å²) in [5.41, 5.74) is 2.91. The molecule has 4 nitrogen and oxygen atoms in total. The molecule has 2 amide bonds. The van der Waals surface area contributed by atoms with E-state index in [1.165, 1.54) is 11.0 Å². The number of likely N-dealkylation sites (tertiary alicyclic amines) is 1. The quantitative estimate of drug-likeness (QED) is 0.929. The number of nitrogens with one attached hydrogen (secondary N) is 1. The van der Waals surface area contributed by atoms with Gasteiger partial charge in [0, 0.05) is 24.3 Å². The molecule has 1 aliphatic heterocycles. The van der Waals surface area contributed by atoms with Crippen molar-refractivity contribution >= 4 is 17.5 Å². The number of benzene rings is 2. The highest BCUT2D eigenvalue weighted by atomic mass is 19.2. The lowest BCUT2D eigenvalue weighted by atomic mass is 9.97. The Morgan fingerprint density at radius 3 is 2.40 bits per heavy atom. The first-order chi connectivity index (χ1) is 11.8. The van der Waals surface area contributed by atoms with Gasteiger partial charge in [0.2, 0.25) is 5.91 Å². The first-order valence-electron chi connectivity index (χ1n) is 7.97. The van der Waals surface area contributed by atoms with Crippen LogP contribution in [0.5, 0.6) is 0 Å². The summed E-state index contributed by atoms with van der Waals surface area (Å²) in [5.74, 6) is -2.92. The smallest absolute Gasteiger partial charge is 0.254 e. The van der Waals surface area contributed by atoms with Crippen molar-refractivity contribution in [1.82, 2.24) is 4.90 Å². The highest BCUT2D eigenvalue weighted by molar-refractivity contribution is 5.98. The first-order valence-corrected chi connectivity index (χ1v) is 7.97. The maximum absolute atomic E-state index is 13.2. The molecule has 6 heteroatoms. The molecule has 1 N–H and O–H groups in total. The van der Waals surface area contributed by atoms with Gasteiger partial charge in [-0.05, 0) is 43.7 Å². The molecule has 1 heterocycles. The lowest BCUT2D eigenvalue weighted by Crippen LogP contribution is -2.54. The van der Waals surface area contributed by atoms with E-state index < -0.39 is 17.5 Å². The summed E-state index contributed by atoms with van der Waals surface area (Å²) >= 11 is 0. The van der Waals surface area contributed by atoms with Crippen molar-refractivity contribution in [3.8, 4) is 0 Å². The number of rotatable bonds is 3. The fraction of sp³-hybridized carbons (Fsp3) is 0.263. The van der Waals surface area contributed by atoms with Gasteiger partial charge < -0.3 is 10.2 Å². The number of anilines is 1. The molecule has 0 bridgehead atoms. The number of carbonyl (C=O) groups is 2. The Labute approximate surface area is 144 Å². The zero-order chi connectivity index (χ0) is 18.1. The number of hydrogen-bond donors (Lipinski definition) is 1. The van der Waals surface area contributed by atoms with Crippen molar-refractivity contribution in [3.05, 3.63) is 64.7 Å². The zero-order valence-corrected chi connectivity index (χ0v) is 14.0. The number of hydrogen-bond acceptors (Lipinski definition) is 2. The van der Waals surface area contributed by atoms with Crippen molar-refractivity contribution in [2.45, 2.75) is 13.8 Å². The summed E-state index contributed by atoms with van der Waals surface area (Å²) in [7, 11) is 0. The van der Waals surface area contributed by atoms with Gasteiger partial charge >= 0.3 is 0 Å². The Kier molecular flexibility index (Phi) is 4.53. The molecule has 130 valence electrons. The van der Waals surface area contributed by atoms with E-state index in [-0.39, 0.29) is 30.5 Å². The molecule has 0 unspecified atom stereocenters. The Bertz CT molecular complexity index is 845. The third-order valence-electron chi connectivity index (χ3n) is 4.35. The fourth-order valence-corrected chi connectivity index (χ4v) is 2.81. The van der Waals surface area contributed by atoms with E-state index in [9.17, 15) is 18.4 Å². The predicted molar refractivity (Wildman–Crippen MR) is 90.3 cm³/mol. The predicted octanol–water partition coefficient (Wildman–Crippen LogP) is 3.29. The summed E-state index contributed by atoms with van der Waals surface area (Å²) < 4.78 is 26.2. The van der Waals surface area contributed by atoms with Crippen LogP contribution in [0, 0.1) is 31.4 Å². The SMILES string of the molecule is Cc1ccc(NC(=O)C2CN(C(=O)c3ccc(F)c(F)c3)C2)c(C)c1. The molecule has 0 saturated carbocycles. The highest BCUT2D eigenvalue weighted by Gasteiger charge is 2.36. The molecule has 3 rings (SSSR count). The van der Waals surface area contributed by atoms with Gasteiger partial charge in [-0.15, -0.1) is 0 Å². The number of amides is 2. The summed E-state index contributed by atoms with van der Waals surface area (Å²) in [6, 6.07) is 8.79. The number of nitrogens with zero attached hydrogens (tertiary/aromatic N) is 1. The minimum Gasteiger partial charge on any atom is -0.337 e. The summed E-state index contributed by atoms with van der Waals surface area (Å²) in [6.45, 7) is 4.41. The van der Waals surface area contributed by atoms with E-state index in [1.807, 2.05) is 32.0 Å². The van der Waals surface area contributed by atoms with Gasteiger partial charge in [-0.25, -0.2) is 8.78 Å². The van der Waals surface area contributed by atoms with Crippen molar-refractivity contribution in [2.75, 3.05) is 18.4 Å². The maximum Gasteiger partial charge on any atom is 0.254 e. The van der Waals surface area contributed by atoms with E-state index in [0.717, 1.165) is 28.9 Å². The van der Waals surface area contributed by atoms with Crippen molar-refractivity contribution in [2.24, 2.45) is 5.92 Å². The molecular formula is C19H18F2N2O2. The van der Waals surface area contributed by atoms with E-state index >= 15 is 0 Å². The van der Waals surface area contributed by atoms with Crippen LogP contribution in [0.25, 0.3) is 0 Å². The van der Waals surface area contributed by atoms with Gasteiger partial charge in [-0.2, -0.15) is 0 Å². The van der Waals surface area contributed by atoms with Crippen LogP contribution in [-0.4, -0.2) is 29.8 Å². The van der Waals surface area contributed by atoms with Crippen molar-refractivity contribution in [1.29, 1.82) is 0 Å². The van der Waals surface area contributed by atoms with Gasteiger partial charge in [-0.3, -0.25) is 9.59 Å². The molecule has 25 heavy (non-hydrogen) atoms. The molecule has 0 aromatic heterocycles. The molecule has 0 radical (unpaired) electrons. The average Bonchev–Trinajstić information content (AvgIpc) is 2.51. The van der Waals surface area contributed by atoms with Crippen LogP contribution in [0.4, 0.5) is 14.5 Å². The van der Waals surface area contributed by atoms with E-state index in [0.29, 0.717) is 0 Å². The van der Waals surface area contributed by atoms with Gasteiger partial charge in [0.05, 0.1) is 5.92 Å². The van der Waals surface area contributed by atoms with Crippen LogP contribution in [0.3, 0.4) is 0 Å². The number of aryl methyl sites for hydroxylation is 2. The average molecular weight is 344 g/mol. The second-order valence-corrected chi connectivity index (χ2v) is 6.34. The molecule has 2 aromatic rings. The molecule has 0 aliphatic carbocycles. The van der Waals surface area contributed by atoms with Crippen LogP contribution in [0.2, 0.25) is 0 Å². The minimum absolute atomic E-state index is 0.0761. The van der Waals surface area contributed by atoms with Crippen LogP contribution >= 0.6 is 0 Å². The van der Waals surface area contributed by atoms with Crippen molar-refractivity contribution in [3.63, 3.8) is 0 Å². The first kappa shape index (κ1) is 17.1. The third-order valence-corrected chi connectivity index (χ3v) is 4.35. The summed E-state index contributed by atoms with van der Waals surface area (Å²) in [6.07, 6.45) is 0. The standard InChI is InChI=1S/C19H18F2N2O2/c1-11-3-6-17(12(2)7-11)22-18(24)14-9-23(10-14)19(25)13-4-5-15(20)16(21)8-13/h3-8,14H,9-10H2,1-2H3,(H,22,24). The molecule has 1 aliphatic rings. The van der Waals surface area contributed by atoms with E-state index in [1.54, 1.807) is 0 Å². The highest BCUT2D eigenvalue weighted by Crippen LogP contribution is 2.23. The van der Waals surface area contributed by atoms with Gasteiger partial charge in [0.25, 0.3) is 5.91 Å².